The van der Waals surface area contributed by atoms with E-state index in [9.17, 15) is 4.79 Å². The van der Waals surface area contributed by atoms with Gasteiger partial charge in [-0.3, -0.25) is 9.69 Å². The quantitative estimate of drug-likeness (QED) is 0.811. The number of hydrogen-bond acceptors (Lipinski definition) is 5. The molecule has 0 unspecified atom stereocenters. The SMILES string of the molecule is CC(C)(C)c1noc(CCCC(=O)NCCN2CCc3ccccc3C2)n1. The minimum atomic E-state index is -0.117. The number of aromatic nitrogens is 2. The third kappa shape index (κ3) is 5.63. The van der Waals surface area contributed by atoms with Crippen LogP contribution in [0.25, 0.3) is 0 Å². The molecule has 0 aliphatic carbocycles. The summed E-state index contributed by atoms with van der Waals surface area (Å²) in [7, 11) is 0. The summed E-state index contributed by atoms with van der Waals surface area (Å²) in [6.07, 6.45) is 2.93. The number of fused-ring (bicyclic) bond motifs is 1. The maximum atomic E-state index is 12.0. The minimum absolute atomic E-state index is 0.0861. The summed E-state index contributed by atoms with van der Waals surface area (Å²) in [5.74, 6) is 1.41. The van der Waals surface area contributed by atoms with Gasteiger partial charge >= 0.3 is 0 Å². The van der Waals surface area contributed by atoms with Crippen LogP contribution in [0.2, 0.25) is 0 Å². The van der Waals surface area contributed by atoms with E-state index in [-0.39, 0.29) is 11.3 Å². The summed E-state index contributed by atoms with van der Waals surface area (Å²) in [5.41, 5.74) is 2.74. The van der Waals surface area contributed by atoms with Gasteiger partial charge in [-0.25, -0.2) is 0 Å². The van der Waals surface area contributed by atoms with Crippen molar-refractivity contribution in [3.05, 3.63) is 47.1 Å². The predicted octanol–water partition coefficient (Wildman–Crippen LogP) is 2.86. The number of hydrogen-bond donors (Lipinski definition) is 1. The van der Waals surface area contributed by atoms with Crippen molar-refractivity contribution < 1.29 is 9.32 Å². The fraction of sp³-hybridized carbons (Fsp3) is 0.571. The zero-order valence-electron chi connectivity index (χ0n) is 16.6. The molecule has 146 valence electrons. The van der Waals surface area contributed by atoms with E-state index >= 15 is 0 Å². The van der Waals surface area contributed by atoms with Crippen LogP contribution in [0.4, 0.5) is 0 Å². The Balaban J connectivity index is 1.32. The summed E-state index contributed by atoms with van der Waals surface area (Å²) in [5, 5.41) is 7.03. The monoisotopic (exact) mass is 370 g/mol. The second-order valence-electron chi connectivity index (χ2n) is 8.26. The maximum Gasteiger partial charge on any atom is 0.226 e. The van der Waals surface area contributed by atoms with E-state index in [2.05, 4.69) is 65.4 Å². The molecule has 1 aliphatic heterocycles. The number of nitrogens with one attached hydrogen (secondary N) is 1. The molecule has 1 amide bonds. The van der Waals surface area contributed by atoms with E-state index in [1.54, 1.807) is 0 Å². The molecule has 0 saturated carbocycles. The molecule has 1 N–H and O–H groups in total. The Hall–Kier alpha value is -2.21. The Morgan fingerprint density at radius 3 is 2.78 bits per heavy atom. The minimum Gasteiger partial charge on any atom is -0.355 e. The second kappa shape index (κ2) is 8.65. The van der Waals surface area contributed by atoms with Crippen molar-refractivity contribution in [2.75, 3.05) is 19.6 Å². The van der Waals surface area contributed by atoms with Crippen LogP contribution in [0, 0.1) is 0 Å². The van der Waals surface area contributed by atoms with Gasteiger partial charge < -0.3 is 9.84 Å². The van der Waals surface area contributed by atoms with Crippen LogP contribution in [0.1, 0.15) is 56.5 Å². The molecule has 6 heteroatoms. The number of nitrogens with zero attached hydrogens (tertiary/aromatic N) is 3. The highest BCUT2D eigenvalue weighted by Crippen LogP contribution is 2.19. The Bertz CT molecular complexity index is 764. The number of amides is 1. The topological polar surface area (TPSA) is 71.3 Å². The number of benzene rings is 1. The van der Waals surface area contributed by atoms with E-state index in [1.165, 1.54) is 11.1 Å². The Labute approximate surface area is 161 Å². The van der Waals surface area contributed by atoms with Crippen LogP contribution < -0.4 is 5.32 Å². The molecule has 6 nitrogen and oxygen atoms in total. The van der Waals surface area contributed by atoms with Crippen molar-refractivity contribution in [3.8, 4) is 0 Å². The molecule has 3 rings (SSSR count). The lowest BCUT2D eigenvalue weighted by molar-refractivity contribution is -0.121. The molecule has 0 saturated heterocycles. The average molecular weight is 370 g/mol. The lowest BCUT2D eigenvalue weighted by Crippen LogP contribution is -2.37. The lowest BCUT2D eigenvalue weighted by atomic mass is 9.96. The molecule has 2 aromatic rings. The van der Waals surface area contributed by atoms with Gasteiger partial charge in [0.05, 0.1) is 0 Å². The molecule has 2 heterocycles. The van der Waals surface area contributed by atoms with Gasteiger partial charge in [0.1, 0.15) is 0 Å². The number of rotatable bonds is 7. The highest BCUT2D eigenvalue weighted by Gasteiger charge is 2.21. The van der Waals surface area contributed by atoms with Gasteiger partial charge in [0.15, 0.2) is 5.82 Å². The molecule has 0 atom stereocenters. The molecule has 1 aromatic heterocycles. The van der Waals surface area contributed by atoms with Crippen LogP contribution in [-0.4, -0.2) is 40.6 Å². The number of carbonyl (C=O) groups excluding carboxylic acids is 1. The van der Waals surface area contributed by atoms with Gasteiger partial charge in [-0.2, -0.15) is 4.98 Å². The van der Waals surface area contributed by atoms with Gasteiger partial charge in [-0.15, -0.1) is 0 Å². The van der Waals surface area contributed by atoms with E-state index < -0.39 is 0 Å². The van der Waals surface area contributed by atoms with Crippen LogP contribution >= 0.6 is 0 Å². The van der Waals surface area contributed by atoms with Crippen molar-refractivity contribution in [1.82, 2.24) is 20.4 Å². The Morgan fingerprint density at radius 1 is 1.26 bits per heavy atom. The highest BCUT2D eigenvalue weighted by molar-refractivity contribution is 5.75. The molecule has 1 aliphatic rings. The maximum absolute atomic E-state index is 12.0. The van der Waals surface area contributed by atoms with Gasteiger partial charge in [0.2, 0.25) is 11.8 Å². The van der Waals surface area contributed by atoms with Crippen molar-refractivity contribution >= 4 is 5.91 Å². The largest absolute Gasteiger partial charge is 0.355 e. The van der Waals surface area contributed by atoms with Gasteiger partial charge in [0, 0.05) is 44.4 Å². The first-order valence-corrected chi connectivity index (χ1v) is 9.81. The van der Waals surface area contributed by atoms with E-state index in [0.717, 1.165) is 26.1 Å². The van der Waals surface area contributed by atoms with Crippen LogP contribution in [0.3, 0.4) is 0 Å². The summed E-state index contributed by atoms with van der Waals surface area (Å²) in [6, 6.07) is 8.61. The molecular weight excluding hydrogens is 340 g/mol. The van der Waals surface area contributed by atoms with E-state index in [1.807, 2.05) is 0 Å². The highest BCUT2D eigenvalue weighted by atomic mass is 16.5. The van der Waals surface area contributed by atoms with Crippen LogP contribution in [0.15, 0.2) is 28.8 Å². The van der Waals surface area contributed by atoms with Crippen molar-refractivity contribution in [2.24, 2.45) is 0 Å². The molecular formula is C21H30N4O2. The standard InChI is InChI=1S/C21H30N4O2/c1-21(2,3)20-23-19(27-24-20)10-6-9-18(26)22-12-14-25-13-11-16-7-4-5-8-17(16)15-25/h4-5,7-8H,6,9-15H2,1-3H3,(H,22,26). The summed E-state index contributed by atoms with van der Waals surface area (Å²) in [6.45, 7) is 9.76. The summed E-state index contributed by atoms with van der Waals surface area (Å²) >= 11 is 0. The normalized spacial score (nSPS) is 14.8. The van der Waals surface area contributed by atoms with Gasteiger partial charge in [-0.1, -0.05) is 50.2 Å². The van der Waals surface area contributed by atoms with Crippen LogP contribution in [-0.2, 0) is 29.6 Å². The molecule has 27 heavy (non-hydrogen) atoms. The second-order valence-corrected chi connectivity index (χ2v) is 8.26. The van der Waals surface area contributed by atoms with Crippen molar-refractivity contribution in [2.45, 2.75) is 58.4 Å². The Kier molecular flexibility index (Phi) is 6.26. The van der Waals surface area contributed by atoms with Crippen molar-refractivity contribution in [3.63, 3.8) is 0 Å². The van der Waals surface area contributed by atoms with Crippen molar-refractivity contribution in [1.29, 1.82) is 0 Å². The Morgan fingerprint density at radius 2 is 2.04 bits per heavy atom. The molecule has 0 fully saturated rings. The van der Waals surface area contributed by atoms with E-state index in [0.29, 0.717) is 37.5 Å². The smallest absolute Gasteiger partial charge is 0.226 e. The summed E-state index contributed by atoms with van der Waals surface area (Å²) < 4.78 is 5.26. The molecule has 1 aromatic carbocycles. The van der Waals surface area contributed by atoms with Crippen LogP contribution in [0.5, 0.6) is 0 Å². The first-order chi connectivity index (χ1) is 12.9. The third-order valence-electron chi connectivity index (χ3n) is 4.89. The number of carbonyl (C=O) groups is 1. The first-order valence-electron chi connectivity index (χ1n) is 9.81. The predicted molar refractivity (Wildman–Crippen MR) is 104 cm³/mol. The average Bonchev–Trinajstić information content (AvgIpc) is 3.11. The zero-order chi connectivity index (χ0) is 19.3. The number of aryl methyl sites for hydroxylation is 1. The molecule has 0 radical (unpaired) electrons. The lowest BCUT2D eigenvalue weighted by Gasteiger charge is -2.28. The van der Waals surface area contributed by atoms with Gasteiger partial charge in [-0.05, 0) is 24.0 Å². The zero-order valence-corrected chi connectivity index (χ0v) is 16.6. The van der Waals surface area contributed by atoms with E-state index in [4.69, 9.17) is 4.52 Å². The van der Waals surface area contributed by atoms with Gasteiger partial charge in [0.25, 0.3) is 0 Å². The first kappa shape index (κ1) is 19.5. The molecule has 0 bridgehead atoms. The fourth-order valence-electron chi connectivity index (χ4n) is 3.25. The fourth-order valence-corrected chi connectivity index (χ4v) is 3.25. The summed E-state index contributed by atoms with van der Waals surface area (Å²) in [4.78, 5) is 18.8. The molecule has 0 spiro atoms. The third-order valence-corrected chi connectivity index (χ3v) is 4.89.